The van der Waals surface area contributed by atoms with E-state index in [0.717, 1.165) is 32.6 Å². The number of nitrogens with zero attached hydrogens (tertiary/aromatic N) is 2. The third-order valence-electron chi connectivity index (χ3n) is 4.39. The predicted molar refractivity (Wildman–Crippen MR) is 76.8 cm³/mol. The summed E-state index contributed by atoms with van der Waals surface area (Å²) in [4.78, 5) is 16.2. The van der Waals surface area contributed by atoms with E-state index >= 15 is 0 Å². The number of fused-ring (bicyclic) bond motifs is 1. The van der Waals surface area contributed by atoms with Crippen molar-refractivity contribution in [2.24, 2.45) is 0 Å². The Morgan fingerprint density at radius 3 is 2.68 bits per heavy atom. The second-order valence-corrected chi connectivity index (χ2v) is 5.92. The van der Waals surface area contributed by atoms with Crippen LogP contribution in [0.5, 0.6) is 0 Å². The fraction of sp³-hybridized carbons (Fsp3) is 0.533. The molecule has 19 heavy (non-hydrogen) atoms. The average Bonchev–Trinajstić information content (AvgIpc) is 2.82. The molecule has 1 aromatic rings. The molecule has 0 N–H and O–H groups in total. The Morgan fingerprint density at radius 2 is 2.00 bits per heavy atom. The Hall–Kier alpha value is -0.900. The van der Waals surface area contributed by atoms with Crippen molar-refractivity contribution in [2.45, 2.75) is 18.9 Å². The van der Waals surface area contributed by atoms with Crippen LogP contribution in [0.1, 0.15) is 33.9 Å². The standard InChI is InChI=1S/C15H19ClN2O/c1-17-6-8-18(9-7-17)14-5-3-11-10-12(15(16)19)2-4-13(11)14/h2,4,10,14H,3,5-9H2,1H3. The van der Waals surface area contributed by atoms with Gasteiger partial charge in [-0.3, -0.25) is 9.69 Å². The molecule has 1 aliphatic carbocycles. The van der Waals surface area contributed by atoms with Gasteiger partial charge in [-0.05, 0) is 54.7 Å². The number of hydrogen-bond acceptors (Lipinski definition) is 3. The Balaban J connectivity index is 1.80. The molecule has 102 valence electrons. The minimum Gasteiger partial charge on any atom is -0.304 e. The molecule has 0 bridgehead atoms. The van der Waals surface area contributed by atoms with Gasteiger partial charge in [0, 0.05) is 37.8 Å². The Bertz CT molecular complexity index is 495. The molecule has 3 rings (SSSR count). The predicted octanol–water partition coefficient (Wildman–Crippen LogP) is 2.30. The lowest BCUT2D eigenvalue weighted by atomic mass is 10.0. The van der Waals surface area contributed by atoms with Crippen LogP contribution in [0.3, 0.4) is 0 Å². The van der Waals surface area contributed by atoms with Crippen LogP contribution in [0.4, 0.5) is 0 Å². The number of benzene rings is 1. The van der Waals surface area contributed by atoms with E-state index in [9.17, 15) is 4.79 Å². The van der Waals surface area contributed by atoms with Crippen LogP contribution in [0.25, 0.3) is 0 Å². The first-order chi connectivity index (χ1) is 9.15. The number of carbonyl (C=O) groups excluding carboxylic acids is 1. The number of piperazine rings is 1. The normalized spacial score (nSPS) is 24.4. The number of carbonyl (C=O) groups is 1. The quantitative estimate of drug-likeness (QED) is 0.776. The molecule has 1 atom stereocenters. The van der Waals surface area contributed by atoms with Gasteiger partial charge in [0.15, 0.2) is 0 Å². The molecule has 1 aromatic carbocycles. The van der Waals surface area contributed by atoms with Gasteiger partial charge in [0.1, 0.15) is 0 Å². The molecule has 0 amide bonds. The third kappa shape index (κ3) is 2.55. The SMILES string of the molecule is CN1CCN(C2CCc3cc(C(=O)Cl)ccc32)CC1. The summed E-state index contributed by atoms with van der Waals surface area (Å²) in [6.45, 7) is 4.56. The zero-order chi connectivity index (χ0) is 13.4. The lowest BCUT2D eigenvalue weighted by Crippen LogP contribution is -2.45. The van der Waals surface area contributed by atoms with E-state index in [2.05, 4.69) is 22.9 Å². The first-order valence-corrected chi connectivity index (χ1v) is 7.28. The molecule has 1 fully saturated rings. The Labute approximate surface area is 119 Å². The van der Waals surface area contributed by atoms with Gasteiger partial charge in [0.25, 0.3) is 5.24 Å². The monoisotopic (exact) mass is 278 g/mol. The fourth-order valence-corrected chi connectivity index (χ4v) is 3.35. The summed E-state index contributed by atoms with van der Waals surface area (Å²) < 4.78 is 0. The number of aryl methyl sites for hydroxylation is 1. The molecular weight excluding hydrogens is 260 g/mol. The lowest BCUT2D eigenvalue weighted by molar-refractivity contribution is 0.108. The molecule has 1 saturated heterocycles. The fourth-order valence-electron chi connectivity index (χ4n) is 3.23. The molecule has 1 heterocycles. The van der Waals surface area contributed by atoms with Crippen LogP contribution >= 0.6 is 11.6 Å². The summed E-state index contributed by atoms with van der Waals surface area (Å²) in [6.07, 6.45) is 2.23. The maximum atomic E-state index is 11.2. The van der Waals surface area contributed by atoms with Gasteiger partial charge >= 0.3 is 0 Å². The number of rotatable bonds is 2. The van der Waals surface area contributed by atoms with E-state index in [0.29, 0.717) is 11.6 Å². The zero-order valence-corrected chi connectivity index (χ0v) is 12.0. The van der Waals surface area contributed by atoms with E-state index in [-0.39, 0.29) is 5.24 Å². The molecule has 3 nitrogen and oxygen atoms in total. The first-order valence-electron chi connectivity index (χ1n) is 6.90. The summed E-state index contributed by atoms with van der Waals surface area (Å²) in [5.41, 5.74) is 3.32. The van der Waals surface area contributed by atoms with Crippen molar-refractivity contribution in [3.05, 3.63) is 34.9 Å². The summed E-state index contributed by atoms with van der Waals surface area (Å²) in [6, 6.07) is 6.47. The van der Waals surface area contributed by atoms with Gasteiger partial charge in [-0.1, -0.05) is 6.07 Å². The molecule has 1 unspecified atom stereocenters. The second-order valence-electron chi connectivity index (χ2n) is 5.58. The molecular formula is C15H19ClN2O. The van der Waals surface area contributed by atoms with Gasteiger partial charge < -0.3 is 4.90 Å². The minimum atomic E-state index is -0.356. The first kappa shape index (κ1) is 13.1. The largest absolute Gasteiger partial charge is 0.304 e. The van der Waals surface area contributed by atoms with Gasteiger partial charge in [0.05, 0.1) is 0 Å². The van der Waals surface area contributed by atoms with Crippen LogP contribution in [-0.4, -0.2) is 48.3 Å². The summed E-state index contributed by atoms with van der Waals surface area (Å²) in [5.74, 6) is 0. The van der Waals surface area contributed by atoms with Crippen molar-refractivity contribution in [1.82, 2.24) is 9.80 Å². The van der Waals surface area contributed by atoms with Gasteiger partial charge in [-0.15, -0.1) is 0 Å². The molecule has 1 aliphatic heterocycles. The maximum absolute atomic E-state index is 11.2. The van der Waals surface area contributed by atoms with Crippen LogP contribution < -0.4 is 0 Å². The highest BCUT2D eigenvalue weighted by Crippen LogP contribution is 2.36. The second kappa shape index (κ2) is 5.23. The Kier molecular flexibility index (Phi) is 3.61. The third-order valence-corrected chi connectivity index (χ3v) is 4.61. The highest BCUT2D eigenvalue weighted by Gasteiger charge is 2.29. The zero-order valence-electron chi connectivity index (χ0n) is 11.2. The topological polar surface area (TPSA) is 23.6 Å². The highest BCUT2D eigenvalue weighted by atomic mass is 35.5. The van der Waals surface area contributed by atoms with Crippen LogP contribution in [0.2, 0.25) is 0 Å². The van der Waals surface area contributed by atoms with E-state index in [1.807, 2.05) is 12.1 Å². The summed E-state index contributed by atoms with van der Waals surface area (Å²) in [5, 5.41) is -0.356. The summed E-state index contributed by atoms with van der Waals surface area (Å²) in [7, 11) is 2.18. The number of likely N-dealkylation sites (N-methyl/N-ethyl adjacent to an activating group) is 1. The van der Waals surface area contributed by atoms with Crippen LogP contribution in [-0.2, 0) is 6.42 Å². The van der Waals surface area contributed by atoms with E-state index in [4.69, 9.17) is 11.6 Å². The van der Waals surface area contributed by atoms with Crippen LogP contribution in [0, 0.1) is 0 Å². The van der Waals surface area contributed by atoms with Gasteiger partial charge in [0.2, 0.25) is 0 Å². The molecule has 2 aliphatic rings. The van der Waals surface area contributed by atoms with Gasteiger partial charge in [-0.25, -0.2) is 0 Å². The van der Waals surface area contributed by atoms with Gasteiger partial charge in [-0.2, -0.15) is 0 Å². The smallest absolute Gasteiger partial charge is 0.252 e. The number of halogens is 1. The molecule has 0 aromatic heterocycles. The highest BCUT2D eigenvalue weighted by molar-refractivity contribution is 6.67. The minimum absolute atomic E-state index is 0.356. The van der Waals surface area contributed by atoms with Crippen molar-refractivity contribution in [2.75, 3.05) is 33.2 Å². The van der Waals surface area contributed by atoms with Crippen molar-refractivity contribution in [3.63, 3.8) is 0 Å². The van der Waals surface area contributed by atoms with Crippen molar-refractivity contribution < 1.29 is 4.79 Å². The van der Waals surface area contributed by atoms with Crippen molar-refractivity contribution >= 4 is 16.8 Å². The van der Waals surface area contributed by atoms with E-state index < -0.39 is 0 Å². The Morgan fingerprint density at radius 1 is 1.26 bits per heavy atom. The van der Waals surface area contributed by atoms with E-state index in [1.54, 1.807) is 0 Å². The average molecular weight is 279 g/mol. The molecule has 0 saturated carbocycles. The van der Waals surface area contributed by atoms with E-state index in [1.165, 1.54) is 17.5 Å². The lowest BCUT2D eigenvalue weighted by Gasteiger charge is -2.36. The molecule has 0 radical (unpaired) electrons. The van der Waals surface area contributed by atoms with Crippen LogP contribution in [0.15, 0.2) is 18.2 Å². The molecule has 0 spiro atoms. The number of hydrogen-bond donors (Lipinski definition) is 0. The summed E-state index contributed by atoms with van der Waals surface area (Å²) >= 11 is 5.55. The maximum Gasteiger partial charge on any atom is 0.252 e. The van der Waals surface area contributed by atoms with Crippen molar-refractivity contribution in [1.29, 1.82) is 0 Å². The molecule has 4 heteroatoms. The van der Waals surface area contributed by atoms with Crippen molar-refractivity contribution in [3.8, 4) is 0 Å².